The second-order valence-corrected chi connectivity index (χ2v) is 11.5. The van der Waals surface area contributed by atoms with Crippen LogP contribution in [0.25, 0.3) is 0 Å². The molecule has 1 aliphatic carbocycles. The number of nitrogens with zero attached hydrogens (tertiary/aromatic N) is 2. The van der Waals surface area contributed by atoms with Gasteiger partial charge in [0.1, 0.15) is 11.6 Å². The summed E-state index contributed by atoms with van der Waals surface area (Å²) in [7, 11) is -3.72. The summed E-state index contributed by atoms with van der Waals surface area (Å²) in [4.78, 5) is 10.9. The summed E-state index contributed by atoms with van der Waals surface area (Å²) in [5.41, 5.74) is 1.08. The van der Waals surface area contributed by atoms with Gasteiger partial charge in [0.2, 0.25) is 9.84 Å². The van der Waals surface area contributed by atoms with Crippen LogP contribution >= 0.6 is 11.3 Å². The molecule has 1 fully saturated rings. The third-order valence-electron chi connectivity index (χ3n) is 6.05. The van der Waals surface area contributed by atoms with E-state index in [2.05, 4.69) is 25.9 Å². The Hall–Kier alpha value is -2.53. The molecule has 0 spiro atoms. The van der Waals surface area contributed by atoms with Crippen molar-refractivity contribution in [3.8, 4) is 0 Å². The lowest BCUT2D eigenvalue weighted by Crippen LogP contribution is -2.28. The molecule has 5 rings (SSSR count). The van der Waals surface area contributed by atoms with Gasteiger partial charge < -0.3 is 21.1 Å². The molecule has 33 heavy (non-hydrogen) atoms. The number of pyridine rings is 1. The van der Waals surface area contributed by atoms with Gasteiger partial charge in [-0.3, -0.25) is 0 Å². The van der Waals surface area contributed by atoms with Crippen LogP contribution in [0.3, 0.4) is 0 Å². The Kier molecular flexibility index (Phi) is 6.33. The fourth-order valence-corrected chi connectivity index (χ4v) is 6.56. The molecular weight excluding hydrogens is 458 g/mol. The van der Waals surface area contributed by atoms with Gasteiger partial charge in [0.25, 0.3) is 0 Å². The summed E-state index contributed by atoms with van der Waals surface area (Å²) < 4.78 is 26.7. The number of aliphatic hydroxyl groups excluding tert-OH is 1. The van der Waals surface area contributed by atoms with E-state index in [1.807, 2.05) is 0 Å². The Bertz CT molecular complexity index is 1200. The zero-order valence-electron chi connectivity index (χ0n) is 18.1. The molecule has 1 aromatic carbocycles. The molecule has 174 valence electrons. The zero-order valence-corrected chi connectivity index (χ0v) is 19.8. The van der Waals surface area contributed by atoms with Crippen molar-refractivity contribution >= 4 is 37.9 Å². The summed E-state index contributed by atoms with van der Waals surface area (Å²) >= 11 is 1.56. The van der Waals surface area contributed by atoms with Gasteiger partial charge in [-0.05, 0) is 43.9 Å². The van der Waals surface area contributed by atoms with Crippen LogP contribution in [0.5, 0.6) is 0 Å². The molecule has 4 N–H and O–H groups in total. The van der Waals surface area contributed by atoms with E-state index in [0.29, 0.717) is 16.8 Å². The van der Waals surface area contributed by atoms with Gasteiger partial charge in [0.05, 0.1) is 21.6 Å². The van der Waals surface area contributed by atoms with Crippen molar-refractivity contribution in [2.24, 2.45) is 0 Å². The van der Waals surface area contributed by atoms with Gasteiger partial charge in [0, 0.05) is 36.5 Å². The minimum Gasteiger partial charge on any atom is -0.393 e. The Morgan fingerprint density at radius 1 is 1.00 bits per heavy atom. The van der Waals surface area contributed by atoms with E-state index in [1.165, 1.54) is 4.88 Å². The van der Waals surface area contributed by atoms with Gasteiger partial charge in [-0.2, -0.15) is 0 Å². The highest BCUT2D eigenvalue weighted by Gasteiger charge is 2.23. The lowest BCUT2D eigenvalue weighted by atomic mass is 9.93. The van der Waals surface area contributed by atoms with Crippen LogP contribution in [-0.2, 0) is 22.8 Å². The second-order valence-electron chi connectivity index (χ2n) is 8.48. The largest absolute Gasteiger partial charge is 0.393 e. The number of aliphatic hydroxyl groups is 1. The number of thiazole rings is 1. The summed E-state index contributed by atoms with van der Waals surface area (Å²) in [6.45, 7) is 1.70. The number of rotatable bonds is 6. The molecule has 8 nitrogen and oxygen atoms in total. The SMILES string of the molecule is O=S(=O)(c1ccccc1)c1cc(Nc2nc3c(s2)CNCC3)nc(N[C@H]2CC[C@H](O)CC2)c1. The molecule has 0 unspecified atom stereocenters. The number of sulfone groups is 1. The zero-order chi connectivity index (χ0) is 22.8. The summed E-state index contributed by atoms with van der Waals surface area (Å²) in [5, 5.41) is 20.5. The number of fused-ring (bicyclic) bond motifs is 1. The van der Waals surface area contributed by atoms with Crippen molar-refractivity contribution in [3.63, 3.8) is 0 Å². The lowest BCUT2D eigenvalue weighted by Gasteiger charge is -2.26. The van der Waals surface area contributed by atoms with E-state index >= 15 is 0 Å². The van der Waals surface area contributed by atoms with E-state index < -0.39 is 9.84 Å². The minimum atomic E-state index is -3.72. The smallest absolute Gasteiger partial charge is 0.206 e. The molecule has 1 aliphatic heterocycles. The first-order valence-corrected chi connectivity index (χ1v) is 13.5. The molecule has 10 heteroatoms. The molecule has 1 saturated carbocycles. The number of anilines is 3. The molecular formula is C23H27N5O3S2. The van der Waals surface area contributed by atoms with Crippen molar-refractivity contribution in [2.75, 3.05) is 17.2 Å². The van der Waals surface area contributed by atoms with Gasteiger partial charge in [-0.25, -0.2) is 18.4 Å². The van der Waals surface area contributed by atoms with Crippen molar-refractivity contribution in [2.45, 2.75) is 60.6 Å². The predicted octanol–water partition coefficient (Wildman–Crippen LogP) is 3.48. The maximum atomic E-state index is 13.3. The molecule has 2 aliphatic rings. The number of hydrogen-bond donors (Lipinski definition) is 4. The van der Waals surface area contributed by atoms with Gasteiger partial charge in [-0.15, -0.1) is 11.3 Å². The van der Waals surface area contributed by atoms with E-state index in [4.69, 9.17) is 0 Å². The van der Waals surface area contributed by atoms with Crippen LogP contribution < -0.4 is 16.0 Å². The van der Waals surface area contributed by atoms with Crippen molar-refractivity contribution in [1.82, 2.24) is 15.3 Å². The quantitative estimate of drug-likeness (QED) is 0.419. The van der Waals surface area contributed by atoms with E-state index in [-0.39, 0.29) is 21.9 Å². The van der Waals surface area contributed by atoms with Crippen molar-refractivity contribution < 1.29 is 13.5 Å². The Balaban J connectivity index is 1.48. The number of aromatic nitrogens is 2. The highest BCUT2D eigenvalue weighted by Crippen LogP contribution is 2.31. The fourth-order valence-electron chi connectivity index (χ4n) is 4.25. The maximum Gasteiger partial charge on any atom is 0.206 e. The lowest BCUT2D eigenvalue weighted by molar-refractivity contribution is 0.126. The fraction of sp³-hybridized carbons (Fsp3) is 0.391. The highest BCUT2D eigenvalue weighted by molar-refractivity contribution is 7.91. The Morgan fingerprint density at radius 2 is 1.76 bits per heavy atom. The topological polar surface area (TPSA) is 116 Å². The third-order valence-corrected chi connectivity index (χ3v) is 8.81. The minimum absolute atomic E-state index is 0.140. The third kappa shape index (κ3) is 5.03. The summed E-state index contributed by atoms with van der Waals surface area (Å²) in [6.07, 6.45) is 3.70. The van der Waals surface area contributed by atoms with E-state index in [0.717, 1.165) is 50.9 Å². The molecule has 3 aromatic rings. The average Bonchev–Trinajstić information content (AvgIpc) is 3.23. The molecule has 0 saturated heterocycles. The molecule has 2 aromatic heterocycles. The van der Waals surface area contributed by atoms with Gasteiger partial charge >= 0.3 is 0 Å². The second kappa shape index (κ2) is 9.38. The first-order chi connectivity index (χ1) is 16.0. The van der Waals surface area contributed by atoms with Crippen LogP contribution in [0.1, 0.15) is 36.3 Å². The molecule has 0 bridgehead atoms. The van der Waals surface area contributed by atoms with Gasteiger partial charge in [-0.1, -0.05) is 18.2 Å². The first-order valence-electron chi connectivity index (χ1n) is 11.2. The molecule has 0 atom stereocenters. The Labute approximate surface area is 197 Å². The molecule has 0 amide bonds. The van der Waals surface area contributed by atoms with Crippen LogP contribution in [-0.4, -0.2) is 42.2 Å². The summed E-state index contributed by atoms with van der Waals surface area (Å²) in [5.74, 6) is 0.934. The maximum absolute atomic E-state index is 13.3. The normalized spacial score (nSPS) is 20.8. The van der Waals surface area contributed by atoms with Crippen LogP contribution in [0.2, 0.25) is 0 Å². The average molecular weight is 486 g/mol. The van der Waals surface area contributed by atoms with Crippen LogP contribution in [0.15, 0.2) is 52.3 Å². The Morgan fingerprint density at radius 3 is 2.52 bits per heavy atom. The molecule has 3 heterocycles. The van der Waals surface area contributed by atoms with Gasteiger partial charge in [0.15, 0.2) is 5.13 Å². The monoisotopic (exact) mass is 485 g/mol. The predicted molar refractivity (Wildman–Crippen MR) is 129 cm³/mol. The first kappa shape index (κ1) is 22.3. The number of nitrogens with one attached hydrogen (secondary N) is 3. The van der Waals surface area contributed by atoms with E-state index in [1.54, 1.807) is 53.8 Å². The van der Waals surface area contributed by atoms with Crippen LogP contribution in [0.4, 0.5) is 16.8 Å². The number of benzene rings is 1. The molecule has 0 radical (unpaired) electrons. The summed E-state index contributed by atoms with van der Waals surface area (Å²) in [6, 6.07) is 11.7. The highest BCUT2D eigenvalue weighted by atomic mass is 32.2. The number of hydrogen-bond acceptors (Lipinski definition) is 9. The van der Waals surface area contributed by atoms with E-state index in [9.17, 15) is 13.5 Å². The van der Waals surface area contributed by atoms with Crippen LogP contribution in [0, 0.1) is 0 Å². The van der Waals surface area contributed by atoms with Crippen molar-refractivity contribution in [3.05, 3.63) is 53.0 Å². The van der Waals surface area contributed by atoms with Crippen molar-refractivity contribution in [1.29, 1.82) is 0 Å². The standard InChI is InChI=1S/C23H27N5O3S2/c29-16-8-6-15(7-9-16)25-21-12-18(33(30,31)17-4-2-1-3-5-17)13-22(27-21)28-23-26-19-10-11-24-14-20(19)32-23/h1-5,12-13,15-16,24,29H,6-11,14H2,(H2,25,26,27,28)/t15-,16-.